The SMILES string of the molecule is CNC(=O)C(C)Oc1ccc(S(N)(=O)=O)cc1Br. The van der Waals surface area contributed by atoms with E-state index in [1.54, 1.807) is 6.92 Å². The van der Waals surface area contributed by atoms with Crippen molar-refractivity contribution >= 4 is 31.9 Å². The van der Waals surface area contributed by atoms with E-state index in [9.17, 15) is 13.2 Å². The van der Waals surface area contributed by atoms with Gasteiger partial charge in [0.15, 0.2) is 6.10 Å². The largest absolute Gasteiger partial charge is 0.480 e. The molecule has 0 aliphatic rings. The average molecular weight is 337 g/mol. The van der Waals surface area contributed by atoms with Crippen LogP contribution in [0.15, 0.2) is 27.6 Å². The Labute approximate surface area is 114 Å². The molecule has 8 heteroatoms. The van der Waals surface area contributed by atoms with Crippen LogP contribution in [0.2, 0.25) is 0 Å². The molecule has 1 unspecified atom stereocenters. The lowest BCUT2D eigenvalue weighted by Crippen LogP contribution is -2.33. The fraction of sp³-hybridized carbons (Fsp3) is 0.300. The first-order chi connectivity index (χ1) is 8.25. The Balaban J connectivity index is 2.97. The second-order valence-corrected chi connectivity index (χ2v) is 5.93. The lowest BCUT2D eigenvalue weighted by atomic mass is 10.3. The molecule has 0 aliphatic carbocycles. The average Bonchev–Trinajstić information content (AvgIpc) is 2.29. The Hall–Kier alpha value is -1.12. The highest BCUT2D eigenvalue weighted by Crippen LogP contribution is 2.28. The summed E-state index contributed by atoms with van der Waals surface area (Å²) in [5.74, 6) is 0.0796. The van der Waals surface area contributed by atoms with Crippen LogP contribution in [0, 0.1) is 0 Å². The predicted molar refractivity (Wildman–Crippen MR) is 69.7 cm³/mol. The first-order valence-corrected chi connectivity index (χ1v) is 7.30. The van der Waals surface area contributed by atoms with E-state index in [0.29, 0.717) is 10.2 Å². The number of sulfonamides is 1. The molecule has 0 fully saturated rings. The van der Waals surface area contributed by atoms with Gasteiger partial charge >= 0.3 is 0 Å². The topological polar surface area (TPSA) is 98.5 Å². The van der Waals surface area contributed by atoms with Gasteiger partial charge in [-0.1, -0.05) is 0 Å². The van der Waals surface area contributed by atoms with E-state index in [4.69, 9.17) is 9.88 Å². The minimum atomic E-state index is -3.76. The fourth-order valence-electron chi connectivity index (χ4n) is 1.20. The van der Waals surface area contributed by atoms with Crippen molar-refractivity contribution in [1.29, 1.82) is 0 Å². The summed E-state index contributed by atoms with van der Waals surface area (Å²) >= 11 is 3.16. The number of amides is 1. The van der Waals surface area contributed by atoms with Crippen LogP contribution in [0.1, 0.15) is 6.92 Å². The molecule has 100 valence electrons. The molecular formula is C10H13BrN2O4S. The Morgan fingerprint density at radius 1 is 1.50 bits per heavy atom. The molecule has 1 aromatic carbocycles. The van der Waals surface area contributed by atoms with Crippen LogP contribution in [-0.4, -0.2) is 27.5 Å². The number of carbonyl (C=O) groups is 1. The zero-order valence-electron chi connectivity index (χ0n) is 9.81. The van der Waals surface area contributed by atoms with Crippen molar-refractivity contribution in [3.05, 3.63) is 22.7 Å². The lowest BCUT2D eigenvalue weighted by Gasteiger charge is -2.14. The zero-order valence-corrected chi connectivity index (χ0v) is 12.2. The van der Waals surface area contributed by atoms with Crippen molar-refractivity contribution in [1.82, 2.24) is 5.32 Å². The van der Waals surface area contributed by atoms with Gasteiger partial charge in [-0.25, -0.2) is 13.6 Å². The van der Waals surface area contributed by atoms with Crippen LogP contribution in [0.25, 0.3) is 0 Å². The Morgan fingerprint density at radius 2 is 2.11 bits per heavy atom. The molecule has 6 nitrogen and oxygen atoms in total. The number of nitrogens with one attached hydrogen (secondary N) is 1. The van der Waals surface area contributed by atoms with Crippen molar-refractivity contribution in [3.8, 4) is 5.75 Å². The smallest absolute Gasteiger partial charge is 0.260 e. The van der Waals surface area contributed by atoms with Gasteiger partial charge in [-0.3, -0.25) is 4.79 Å². The maximum absolute atomic E-state index is 11.3. The van der Waals surface area contributed by atoms with E-state index in [-0.39, 0.29) is 10.8 Å². The molecule has 0 heterocycles. The van der Waals surface area contributed by atoms with Crippen molar-refractivity contribution in [2.75, 3.05) is 7.05 Å². The second-order valence-electron chi connectivity index (χ2n) is 3.51. The molecule has 1 amide bonds. The number of nitrogens with two attached hydrogens (primary N) is 1. The molecule has 0 saturated carbocycles. The van der Waals surface area contributed by atoms with Crippen LogP contribution in [-0.2, 0) is 14.8 Å². The molecule has 1 atom stereocenters. The standard InChI is InChI=1S/C10H13BrN2O4S/c1-6(10(14)13-2)17-9-4-3-7(5-8(9)11)18(12,15)16/h3-6H,1-2H3,(H,13,14)(H2,12,15,16). The number of hydrogen-bond acceptors (Lipinski definition) is 4. The maximum atomic E-state index is 11.3. The van der Waals surface area contributed by atoms with Crippen LogP contribution in [0.4, 0.5) is 0 Å². The molecule has 18 heavy (non-hydrogen) atoms. The number of benzene rings is 1. The van der Waals surface area contributed by atoms with Gasteiger partial charge in [0, 0.05) is 7.05 Å². The molecule has 0 spiro atoms. The molecule has 0 saturated heterocycles. The maximum Gasteiger partial charge on any atom is 0.260 e. The highest BCUT2D eigenvalue weighted by molar-refractivity contribution is 9.10. The summed E-state index contributed by atoms with van der Waals surface area (Å²) in [5, 5.41) is 7.44. The van der Waals surface area contributed by atoms with E-state index >= 15 is 0 Å². The molecule has 0 aromatic heterocycles. The minimum Gasteiger partial charge on any atom is -0.480 e. The van der Waals surface area contributed by atoms with E-state index in [1.165, 1.54) is 25.2 Å². The number of ether oxygens (including phenoxy) is 1. The van der Waals surface area contributed by atoms with Crippen LogP contribution < -0.4 is 15.2 Å². The molecule has 0 aliphatic heterocycles. The van der Waals surface area contributed by atoms with Crippen LogP contribution in [0.5, 0.6) is 5.75 Å². The quantitative estimate of drug-likeness (QED) is 0.841. The van der Waals surface area contributed by atoms with Crippen molar-refractivity contribution in [2.24, 2.45) is 5.14 Å². The summed E-state index contributed by atoms with van der Waals surface area (Å²) in [6, 6.07) is 4.07. The Kier molecular flexibility index (Phi) is 4.71. The van der Waals surface area contributed by atoms with Crippen LogP contribution in [0.3, 0.4) is 0 Å². The van der Waals surface area contributed by atoms with Gasteiger partial charge < -0.3 is 10.1 Å². The summed E-state index contributed by atoms with van der Waals surface area (Å²) in [4.78, 5) is 11.3. The molecule has 0 bridgehead atoms. The van der Waals surface area contributed by atoms with Gasteiger partial charge in [-0.05, 0) is 41.1 Å². The van der Waals surface area contributed by atoms with Gasteiger partial charge in [0.2, 0.25) is 10.0 Å². The molecular weight excluding hydrogens is 324 g/mol. The van der Waals surface area contributed by atoms with E-state index in [2.05, 4.69) is 21.2 Å². The number of rotatable bonds is 4. The summed E-state index contributed by atoms with van der Waals surface area (Å²) in [6.45, 7) is 1.58. The number of primary sulfonamides is 1. The van der Waals surface area contributed by atoms with Gasteiger partial charge in [0.25, 0.3) is 5.91 Å². The number of carbonyl (C=O) groups excluding carboxylic acids is 1. The Morgan fingerprint density at radius 3 is 2.56 bits per heavy atom. The van der Waals surface area contributed by atoms with E-state index < -0.39 is 16.1 Å². The van der Waals surface area contributed by atoms with Crippen LogP contribution >= 0.6 is 15.9 Å². The minimum absolute atomic E-state index is 0.0330. The number of hydrogen-bond donors (Lipinski definition) is 2. The molecule has 1 aromatic rings. The van der Waals surface area contributed by atoms with E-state index in [0.717, 1.165) is 0 Å². The van der Waals surface area contributed by atoms with Crippen molar-refractivity contribution < 1.29 is 17.9 Å². The summed E-state index contributed by atoms with van der Waals surface area (Å²) in [6.07, 6.45) is -0.688. The first-order valence-electron chi connectivity index (χ1n) is 4.96. The second kappa shape index (κ2) is 5.68. The van der Waals surface area contributed by atoms with Crippen molar-refractivity contribution in [2.45, 2.75) is 17.9 Å². The molecule has 1 rings (SSSR count). The number of likely N-dealkylation sites (N-methyl/N-ethyl adjacent to an activating group) is 1. The summed E-state index contributed by atoms with van der Waals surface area (Å²) < 4.78 is 28.0. The third-order valence-corrected chi connectivity index (χ3v) is 3.68. The van der Waals surface area contributed by atoms with Gasteiger partial charge in [0.05, 0.1) is 9.37 Å². The Bertz CT molecular complexity index is 559. The normalized spacial score (nSPS) is 12.9. The predicted octanol–water partition coefficient (Wildman–Crippen LogP) is 0.610. The van der Waals surface area contributed by atoms with Gasteiger partial charge in [-0.2, -0.15) is 0 Å². The van der Waals surface area contributed by atoms with E-state index in [1.807, 2.05) is 0 Å². The highest BCUT2D eigenvalue weighted by Gasteiger charge is 2.16. The first kappa shape index (κ1) is 14.9. The van der Waals surface area contributed by atoms with Crippen molar-refractivity contribution in [3.63, 3.8) is 0 Å². The van der Waals surface area contributed by atoms with Gasteiger partial charge in [-0.15, -0.1) is 0 Å². The lowest BCUT2D eigenvalue weighted by molar-refractivity contribution is -0.126. The zero-order chi connectivity index (χ0) is 13.9. The van der Waals surface area contributed by atoms with Gasteiger partial charge in [0.1, 0.15) is 5.75 Å². The highest BCUT2D eigenvalue weighted by atomic mass is 79.9. The third-order valence-electron chi connectivity index (χ3n) is 2.15. The third kappa shape index (κ3) is 3.69. The molecule has 3 N–H and O–H groups in total. The number of halogens is 1. The monoisotopic (exact) mass is 336 g/mol. The fourth-order valence-corrected chi connectivity index (χ4v) is 2.36. The summed E-state index contributed by atoms with van der Waals surface area (Å²) in [5.41, 5.74) is 0. The summed E-state index contributed by atoms with van der Waals surface area (Å²) in [7, 11) is -2.26. The molecule has 0 radical (unpaired) electrons.